The van der Waals surface area contributed by atoms with E-state index in [0.717, 1.165) is 15.2 Å². The Morgan fingerprint density at radius 2 is 2.00 bits per heavy atom. The van der Waals surface area contributed by atoms with Crippen LogP contribution in [0, 0.1) is 0 Å². The summed E-state index contributed by atoms with van der Waals surface area (Å²) in [6.45, 7) is 0. The Balaban J connectivity index is 1.88. The zero-order valence-electron chi connectivity index (χ0n) is 8.35. The van der Waals surface area contributed by atoms with Gasteiger partial charge in [0.1, 0.15) is 10.4 Å². The van der Waals surface area contributed by atoms with Crippen molar-refractivity contribution in [1.29, 1.82) is 0 Å². The molecule has 1 aliphatic heterocycles. The Labute approximate surface area is 107 Å². The molecule has 2 nitrogen and oxygen atoms in total. The fourth-order valence-corrected chi connectivity index (χ4v) is 3.01. The smallest absolute Gasteiger partial charge is 0.121 e. The summed E-state index contributed by atoms with van der Waals surface area (Å²) in [5, 5.41) is 4.81. The van der Waals surface area contributed by atoms with Crippen molar-refractivity contribution in [3.8, 4) is 0 Å². The Kier molecular flexibility index (Phi) is 2.61. The summed E-state index contributed by atoms with van der Waals surface area (Å²) in [6.07, 6.45) is 1.83. The summed E-state index contributed by atoms with van der Waals surface area (Å²) in [5.74, 6) is 0. The third kappa shape index (κ3) is 1.83. The molecule has 1 aromatic carbocycles. The SMILES string of the molecule is Brc1ccc(C2Nc3cccnc3S2)cc1. The number of rotatable bonds is 1. The van der Waals surface area contributed by atoms with Crippen LogP contribution in [0.25, 0.3) is 0 Å². The van der Waals surface area contributed by atoms with E-state index in [4.69, 9.17) is 0 Å². The van der Waals surface area contributed by atoms with Gasteiger partial charge in [-0.05, 0) is 29.8 Å². The lowest BCUT2D eigenvalue weighted by Gasteiger charge is -2.10. The van der Waals surface area contributed by atoms with Crippen LogP contribution < -0.4 is 5.32 Å². The summed E-state index contributed by atoms with van der Waals surface area (Å²) in [4.78, 5) is 4.34. The van der Waals surface area contributed by atoms with Gasteiger partial charge in [-0.3, -0.25) is 0 Å². The second kappa shape index (κ2) is 4.11. The molecule has 2 heterocycles. The monoisotopic (exact) mass is 292 g/mol. The molecule has 0 amide bonds. The number of nitrogens with one attached hydrogen (secondary N) is 1. The van der Waals surface area contributed by atoms with E-state index in [-0.39, 0.29) is 5.37 Å². The molecular weight excluding hydrogens is 284 g/mol. The van der Waals surface area contributed by atoms with Crippen molar-refractivity contribution in [3.63, 3.8) is 0 Å². The highest BCUT2D eigenvalue weighted by Crippen LogP contribution is 2.44. The molecule has 2 aromatic rings. The van der Waals surface area contributed by atoms with Gasteiger partial charge in [-0.2, -0.15) is 0 Å². The van der Waals surface area contributed by atoms with Gasteiger partial charge in [0, 0.05) is 10.7 Å². The highest BCUT2D eigenvalue weighted by Gasteiger charge is 2.23. The minimum atomic E-state index is 0.276. The largest absolute Gasteiger partial charge is 0.367 e. The van der Waals surface area contributed by atoms with Crippen molar-refractivity contribution in [2.24, 2.45) is 0 Å². The number of aromatic nitrogens is 1. The zero-order chi connectivity index (χ0) is 11.0. The van der Waals surface area contributed by atoms with E-state index >= 15 is 0 Å². The molecular formula is C12H9BrN2S. The number of halogens is 1. The lowest BCUT2D eigenvalue weighted by Crippen LogP contribution is -2.00. The molecule has 4 heteroatoms. The van der Waals surface area contributed by atoms with E-state index in [2.05, 4.69) is 56.6 Å². The quantitative estimate of drug-likeness (QED) is 0.858. The molecule has 0 radical (unpaired) electrons. The van der Waals surface area contributed by atoms with Crippen LogP contribution >= 0.6 is 27.7 Å². The topological polar surface area (TPSA) is 24.9 Å². The van der Waals surface area contributed by atoms with Crippen LogP contribution in [0.15, 0.2) is 52.1 Å². The number of benzene rings is 1. The Morgan fingerprint density at radius 1 is 1.19 bits per heavy atom. The normalized spacial score (nSPS) is 17.9. The lowest BCUT2D eigenvalue weighted by atomic mass is 10.2. The second-order valence-corrected chi connectivity index (χ2v) is 5.56. The van der Waals surface area contributed by atoms with Crippen LogP contribution in [0.4, 0.5) is 5.69 Å². The van der Waals surface area contributed by atoms with Gasteiger partial charge in [0.15, 0.2) is 0 Å². The predicted molar refractivity (Wildman–Crippen MR) is 70.6 cm³/mol. The first-order valence-electron chi connectivity index (χ1n) is 4.96. The van der Waals surface area contributed by atoms with Crippen LogP contribution in [0.5, 0.6) is 0 Å². The summed E-state index contributed by atoms with van der Waals surface area (Å²) in [7, 11) is 0. The first kappa shape index (κ1) is 10.2. The van der Waals surface area contributed by atoms with E-state index in [0.29, 0.717) is 0 Å². The Bertz CT molecular complexity index is 488. The first-order chi connectivity index (χ1) is 7.83. The molecule has 1 atom stereocenters. The van der Waals surface area contributed by atoms with E-state index in [1.807, 2.05) is 12.3 Å². The van der Waals surface area contributed by atoms with Crippen molar-refractivity contribution >= 4 is 33.4 Å². The fourth-order valence-electron chi connectivity index (χ4n) is 1.67. The van der Waals surface area contributed by atoms with Crippen LogP contribution in [0.2, 0.25) is 0 Å². The number of anilines is 1. The van der Waals surface area contributed by atoms with Crippen LogP contribution in [0.3, 0.4) is 0 Å². The number of fused-ring (bicyclic) bond motifs is 1. The summed E-state index contributed by atoms with van der Waals surface area (Å²) in [5.41, 5.74) is 2.40. The first-order valence-corrected chi connectivity index (χ1v) is 6.64. The highest BCUT2D eigenvalue weighted by molar-refractivity contribution is 9.10. The molecule has 0 bridgehead atoms. The van der Waals surface area contributed by atoms with Crippen molar-refractivity contribution < 1.29 is 0 Å². The Hall–Kier alpha value is -1.000. The van der Waals surface area contributed by atoms with Gasteiger partial charge in [-0.15, -0.1) is 0 Å². The standard InChI is InChI=1S/C12H9BrN2S/c13-9-5-3-8(4-6-9)11-15-10-2-1-7-14-12(10)16-11/h1-7,11,15H. The van der Waals surface area contributed by atoms with E-state index < -0.39 is 0 Å². The average molecular weight is 293 g/mol. The number of thioether (sulfide) groups is 1. The van der Waals surface area contributed by atoms with E-state index in [9.17, 15) is 0 Å². The minimum Gasteiger partial charge on any atom is -0.367 e. The summed E-state index contributed by atoms with van der Waals surface area (Å²) in [6, 6.07) is 12.4. The second-order valence-electron chi connectivity index (χ2n) is 3.55. The molecule has 0 spiro atoms. The number of hydrogen-bond donors (Lipinski definition) is 1. The van der Waals surface area contributed by atoms with Gasteiger partial charge in [0.25, 0.3) is 0 Å². The maximum Gasteiger partial charge on any atom is 0.121 e. The molecule has 0 saturated carbocycles. The van der Waals surface area contributed by atoms with Gasteiger partial charge in [0.2, 0.25) is 0 Å². The van der Waals surface area contributed by atoms with Crippen molar-refractivity contribution in [1.82, 2.24) is 4.98 Å². The third-order valence-electron chi connectivity index (χ3n) is 2.46. The van der Waals surface area contributed by atoms with Gasteiger partial charge < -0.3 is 5.32 Å². The predicted octanol–water partition coefficient (Wildman–Crippen LogP) is 4.06. The molecule has 16 heavy (non-hydrogen) atoms. The molecule has 0 fully saturated rings. The van der Waals surface area contributed by atoms with Crippen LogP contribution in [-0.4, -0.2) is 4.98 Å². The maximum absolute atomic E-state index is 4.34. The summed E-state index contributed by atoms with van der Waals surface area (Å²) < 4.78 is 1.11. The maximum atomic E-state index is 4.34. The third-order valence-corrected chi connectivity index (χ3v) is 4.16. The zero-order valence-corrected chi connectivity index (χ0v) is 10.8. The Morgan fingerprint density at radius 3 is 2.75 bits per heavy atom. The molecule has 1 N–H and O–H groups in total. The fraction of sp³-hybridized carbons (Fsp3) is 0.0833. The van der Waals surface area contributed by atoms with Gasteiger partial charge in [0.05, 0.1) is 5.69 Å². The minimum absolute atomic E-state index is 0.276. The van der Waals surface area contributed by atoms with Gasteiger partial charge >= 0.3 is 0 Å². The van der Waals surface area contributed by atoms with Gasteiger partial charge in [-0.1, -0.05) is 39.8 Å². The van der Waals surface area contributed by atoms with Crippen LogP contribution in [-0.2, 0) is 0 Å². The molecule has 0 saturated heterocycles. The molecule has 1 unspecified atom stereocenters. The number of nitrogens with zero attached hydrogens (tertiary/aromatic N) is 1. The highest BCUT2D eigenvalue weighted by atomic mass is 79.9. The van der Waals surface area contributed by atoms with Gasteiger partial charge in [-0.25, -0.2) is 4.98 Å². The van der Waals surface area contributed by atoms with Crippen molar-refractivity contribution in [3.05, 3.63) is 52.6 Å². The molecule has 1 aromatic heterocycles. The average Bonchev–Trinajstić information content (AvgIpc) is 2.73. The molecule has 3 rings (SSSR count). The molecule has 0 aliphatic carbocycles. The van der Waals surface area contributed by atoms with Crippen LogP contribution in [0.1, 0.15) is 10.9 Å². The number of pyridine rings is 1. The molecule has 1 aliphatic rings. The lowest BCUT2D eigenvalue weighted by molar-refractivity contribution is 1.12. The van der Waals surface area contributed by atoms with E-state index in [1.165, 1.54) is 5.56 Å². The molecule has 80 valence electrons. The summed E-state index contributed by atoms with van der Waals surface area (Å²) >= 11 is 5.20. The van der Waals surface area contributed by atoms with Crippen molar-refractivity contribution in [2.75, 3.05) is 5.32 Å². The van der Waals surface area contributed by atoms with Crippen molar-refractivity contribution in [2.45, 2.75) is 10.4 Å². The number of hydrogen-bond acceptors (Lipinski definition) is 3. The van der Waals surface area contributed by atoms with E-state index in [1.54, 1.807) is 11.8 Å².